The monoisotopic (exact) mass is 498 g/mol. The van der Waals surface area contributed by atoms with Crippen molar-refractivity contribution in [3.05, 3.63) is 29.1 Å². The minimum atomic E-state index is -2.21. The number of methoxy groups -OCH3 is 2. The van der Waals surface area contributed by atoms with Gasteiger partial charge in [0.15, 0.2) is 5.75 Å². The average Bonchev–Trinajstić information content (AvgIpc) is 2.82. The van der Waals surface area contributed by atoms with Crippen LogP contribution in [0.1, 0.15) is 85.0 Å². The molecule has 0 spiro atoms. The molecule has 0 N–H and O–H groups in total. The number of halogens is 5. The van der Waals surface area contributed by atoms with E-state index in [0.29, 0.717) is 19.3 Å². The molecular weight excluding hydrogens is 459 g/mol. The van der Waals surface area contributed by atoms with Gasteiger partial charge in [-0.3, -0.25) is 0 Å². The molecule has 0 bridgehead atoms. The molecule has 9 heteroatoms. The van der Waals surface area contributed by atoms with Crippen molar-refractivity contribution >= 4 is 0 Å². The van der Waals surface area contributed by atoms with Gasteiger partial charge in [0.1, 0.15) is 0 Å². The molecule has 1 unspecified atom stereocenters. The zero-order chi connectivity index (χ0) is 25.7. The van der Waals surface area contributed by atoms with Crippen LogP contribution in [-0.2, 0) is 14.2 Å². The Bertz CT molecular complexity index is 697. The third-order valence-corrected chi connectivity index (χ3v) is 5.74. The first kappa shape index (κ1) is 30.6. The fourth-order valence-electron chi connectivity index (χ4n) is 3.99. The summed E-state index contributed by atoms with van der Waals surface area (Å²) in [6, 6.07) is 0. The van der Waals surface area contributed by atoms with Crippen molar-refractivity contribution in [2.75, 3.05) is 20.8 Å². The molecule has 0 aliphatic rings. The Hall–Kier alpha value is -1.45. The van der Waals surface area contributed by atoms with Crippen LogP contribution >= 0.6 is 0 Å². The van der Waals surface area contributed by atoms with Crippen molar-refractivity contribution in [3.63, 3.8) is 0 Å². The first-order valence-corrected chi connectivity index (χ1v) is 12.1. The topological polar surface area (TPSA) is 36.9 Å². The number of hydrogen-bond acceptors (Lipinski definition) is 4. The summed E-state index contributed by atoms with van der Waals surface area (Å²) in [6.07, 6.45) is 8.89. The van der Waals surface area contributed by atoms with Gasteiger partial charge in [-0.05, 0) is 39.5 Å². The Balaban J connectivity index is 2.73. The van der Waals surface area contributed by atoms with Crippen LogP contribution in [0.4, 0.5) is 22.0 Å². The van der Waals surface area contributed by atoms with Crippen molar-refractivity contribution in [2.45, 2.75) is 97.1 Å². The third kappa shape index (κ3) is 8.64. The number of benzene rings is 1. The standard InChI is InChI=1S/C25H39F5O4/c1-6-7-8-9-10-11-14-18(25(31-4,32-5)34-17(2)3)15-12-13-16-33-24-22(29)20(27)19(26)21(28)23(24)30/h17-18H,6-16H2,1-5H3. The fraction of sp³-hybridized carbons (Fsp3) is 0.760. The second-order valence-corrected chi connectivity index (χ2v) is 8.68. The van der Waals surface area contributed by atoms with Crippen molar-refractivity contribution < 1.29 is 40.9 Å². The van der Waals surface area contributed by atoms with E-state index in [4.69, 9.17) is 18.9 Å². The molecule has 0 radical (unpaired) electrons. The lowest BCUT2D eigenvalue weighted by Crippen LogP contribution is -2.46. The lowest BCUT2D eigenvalue weighted by molar-refractivity contribution is -0.399. The van der Waals surface area contributed by atoms with E-state index >= 15 is 0 Å². The quantitative estimate of drug-likeness (QED) is 0.0684. The lowest BCUT2D eigenvalue weighted by Gasteiger charge is -2.39. The first-order chi connectivity index (χ1) is 16.1. The zero-order valence-corrected chi connectivity index (χ0v) is 21.0. The van der Waals surface area contributed by atoms with Gasteiger partial charge in [0.2, 0.25) is 29.1 Å². The molecular formula is C25H39F5O4. The van der Waals surface area contributed by atoms with Gasteiger partial charge in [-0.2, -0.15) is 8.78 Å². The highest BCUT2D eigenvalue weighted by molar-refractivity contribution is 5.29. The van der Waals surface area contributed by atoms with Crippen molar-refractivity contribution in [1.82, 2.24) is 0 Å². The number of hydrogen-bond donors (Lipinski definition) is 0. The predicted molar refractivity (Wildman–Crippen MR) is 120 cm³/mol. The van der Waals surface area contributed by atoms with Crippen LogP contribution in [0, 0.1) is 35.0 Å². The van der Waals surface area contributed by atoms with Crippen LogP contribution < -0.4 is 4.74 Å². The Kier molecular flexibility index (Phi) is 14.0. The molecule has 1 rings (SSSR count). The van der Waals surface area contributed by atoms with E-state index in [2.05, 4.69) is 6.92 Å². The first-order valence-electron chi connectivity index (χ1n) is 12.1. The van der Waals surface area contributed by atoms with Gasteiger partial charge in [0.25, 0.3) is 5.97 Å². The number of ether oxygens (including phenoxy) is 4. The molecule has 1 atom stereocenters. The molecule has 198 valence electrons. The van der Waals surface area contributed by atoms with Crippen LogP contribution in [0.3, 0.4) is 0 Å². The molecule has 1 aromatic rings. The van der Waals surface area contributed by atoms with Gasteiger partial charge in [0.05, 0.1) is 12.7 Å². The summed E-state index contributed by atoms with van der Waals surface area (Å²) in [4.78, 5) is 0. The van der Waals surface area contributed by atoms with Crippen molar-refractivity contribution in [2.24, 2.45) is 5.92 Å². The maximum Gasteiger partial charge on any atom is 0.285 e. The molecule has 0 saturated carbocycles. The summed E-state index contributed by atoms with van der Waals surface area (Å²) < 4.78 is 89.6. The van der Waals surface area contributed by atoms with E-state index in [0.717, 1.165) is 25.7 Å². The average molecular weight is 499 g/mol. The van der Waals surface area contributed by atoms with Crippen LogP contribution in [0.5, 0.6) is 5.75 Å². The smallest absolute Gasteiger partial charge is 0.285 e. The maximum absolute atomic E-state index is 13.8. The highest BCUT2D eigenvalue weighted by atomic mass is 19.2. The summed E-state index contributed by atoms with van der Waals surface area (Å²) in [6.45, 7) is 5.72. The largest absolute Gasteiger partial charge is 0.487 e. The summed E-state index contributed by atoms with van der Waals surface area (Å²) in [7, 11) is 3.04. The molecule has 1 aromatic carbocycles. The predicted octanol–water partition coefficient (Wildman–Crippen LogP) is 7.67. The third-order valence-electron chi connectivity index (χ3n) is 5.74. The highest BCUT2D eigenvalue weighted by Gasteiger charge is 2.41. The minimum Gasteiger partial charge on any atom is -0.487 e. The van der Waals surface area contributed by atoms with E-state index in [1.165, 1.54) is 33.5 Å². The SMILES string of the molecule is CCCCCCCCC(CCCCOc1c(F)c(F)c(F)c(F)c1F)C(OC)(OC)OC(C)C. The van der Waals surface area contributed by atoms with Gasteiger partial charge in [-0.25, -0.2) is 13.2 Å². The molecule has 0 amide bonds. The molecule has 0 heterocycles. The second kappa shape index (κ2) is 15.5. The van der Waals surface area contributed by atoms with E-state index in [1.54, 1.807) is 0 Å². The Morgan fingerprint density at radius 3 is 1.65 bits per heavy atom. The van der Waals surface area contributed by atoms with Crippen LogP contribution in [-0.4, -0.2) is 32.9 Å². The number of rotatable bonds is 18. The van der Waals surface area contributed by atoms with E-state index in [9.17, 15) is 22.0 Å². The van der Waals surface area contributed by atoms with Gasteiger partial charge in [-0.15, -0.1) is 0 Å². The van der Waals surface area contributed by atoms with Gasteiger partial charge in [0, 0.05) is 20.1 Å². The summed E-state index contributed by atoms with van der Waals surface area (Å²) >= 11 is 0. The molecule has 0 aliphatic heterocycles. The minimum absolute atomic E-state index is 0.120. The molecule has 34 heavy (non-hydrogen) atoms. The Morgan fingerprint density at radius 2 is 1.15 bits per heavy atom. The molecule has 4 nitrogen and oxygen atoms in total. The van der Waals surface area contributed by atoms with E-state index < -0.39 is 40.8 Å². The molecule has 0 saturated heterocycles. The van der Waals surface area contributed by atoms with E-state index in [1.807, 2.05) is 13.8 Å². The Labute approximate surface area is 200 Å². The molecule has 0 aromatic heterocycles. The van der Waals surface area contributed by atoms with Crippen molar-refractivity contribution in [1.29, 1.82) is 0 Å². The summed E-state index contributed by atoms with van der Waals surface area (Å²) in [5.41, 5.74) is 0. The van der Waals surface area contributed by atoms with Crippen LogP contribution in [0.15, 0.2) is 0 Å². The number of unbranched alkanes of at least 4 members (excludes halogenated alkanes) is 6. The van der Waals surface area contributed by atoms with Gasteiger partial charge >= 0.3 is 0 Å². The zero-order valence-electron chi connectivity index (χ0n) is 21.0. The Morgan fingerprint density at radius 1 is 0.676 bits per heavy atom. The summed E-state index contributed by atoms with van der Waals surface area (Å²) in [5, 5.41) is 0. The maximum atomic E-state index is 13.8. The summed E-state index contributed by atoms with van der Waals surface area (Å²) in [5.74, 6) is -12.8. The van der Waals surface area contributed by atoms with Crippen LogP contribution in [0.2, 0.25) is 0 Å². The lowest BCUT2D eigenvalue weighted by atomic mass is 9.92. The van der Waals surface area contributed by atoms with Crippen LogP contribution in [0.25, 0.3) is 0 Å². The fourth-order valence-corrected chi connectivity index (χ4v) is 3.99. The van der Waals surface area contributed by atoms with Gasteiger partial charge < -0.3 is 18.9 Å². The molecule has 0 fully saturated rings. The van der Waals surface area contributed by atoms with E-state index in [-0.39, 0.29) is 18.6 Å². The van der Waals surface area contributed by atoms with Gasteiger partial charge in [-0.1, -0.05) is 45.4 Å². The second-order valence-electron chi connectivity index (χ2n) is 8.68. The van der Waals surface area contributed by atoms with Crippen molar-refractivity contribution in [3.8, 4) is 5.75 Å². The highest BCUT2D eigenvalue weighted by Crippen LogP contribution is 2.35. The molecule has 0 aliphatic carbocycles. The normalized spacial score (nSPS) is 13.0.